The molecule has 6 heteroatoms. The molecule has 0 unspecified atom stereocenters. The quantitative estimate of drug-likeness (QED) is 0.756. The minimum absolute atomic E-state index is 0.0580. The van der Waals surface area contributed by atoms with Gasteiger partial charge in [-0.2, -0.15) is 5.10 Å². The molecule has 0 saturated heterocycles. The van der Waals surface area contributed by atoms with Crippen LogP contribution in [0.5, 0.6) is 11.5 Å². The first-order valence-corrected chi connectivity index (χ1v) is 7.63. The molecule has 2 aromatic carbocycles. The number of hydrogen-bond donors (Lipinski definition) is 1. The zero-order chi connectivity index (χ0) is 16.9. The zero-order valence-electron chi connectivity index (χ0n) is 13.7. The molecule has 0 radical (unpaired) electrons. The molecule has 0 fully saturated rings. The fraction of sp³-hybridized carbons (Fsp3) is 0.222. The van der Waals surface area contributed by atoms with Gasteiger partial charge >= 0.3 is 0 Å². The van der Waals surface area contributed by atoms with E-state index in [9.17, 15) is 4.79 Å². The summed E-state index contributed by atoms with van der Waals surface area (Å²) in [7, 11) is 3.24. The highest BCUT2D eigenvalue weighted by molar-refractivity contribution is 5.90. The third kappa shape index (κ3) is 3.48. The highest BCUT2D eigenvalue weighted by Gasteiger charge is 2.07. The van der Waals surface area contributed by atoms with Gasteiger partial charge in [0.05, 0.1) is 32.5 Å². The summed E-state index contributed by atoms with van der Waals surface area (Å²) in [5.41, 5.74) is 1.73. The summed E-state index contributed by atoms with van der Waals surface area (Å²) in [5, 5.41) is 8.19. The van der Waals surface area contributed by atoms with Gasteiger partial charge < -0.3 is 14.8 Å². The molecule has 0 aliphatic rings. The zero-order valence-corrected chi connectivity index (χ0v) is 13.7. The van der Waals surface area contributed by atoms with Crippen LogP contribution in [0.15, 0.2) is 48.7 Å². The summed E-state index contributed by atoms with van der Waals surface area (Å²) < 4.78 is 12.1. The van der Waals surface area contributed by atoms with E-state index in [1.165, 1.54) is 0 Å². The SMILES string of the molecule is COc1ccc(NC(=O)CCn2ncc3cc(OC)ccc32)cc1. The number of amides is 1. The minimum Gasteiger partial charge on any atom is -0.497 e. The van der Waals surface area contributed by atoms with Crippen molar-refractivity contribution in [2.24, 2.45) is 0 Å². The van der Waals surface area contributed by atoms with Crippen LogP contribution in [0, 0.1) is 0 Å². The number of aromatic nitrogens is 2. The fourth-order valence-electron chi connectivity index (χ4n) is 2.48. The van der Waals surface area contributed by atoms with Gasteiger partial charge in [-0.25, -0.2) is 0 Å². The second-order valence-electron chi connectivity index (χ2n) is 5.32. The number of benzene rings is 2. The van der Waals surface area contributed by atoms with E-state index < -0.39 is 0 Å². The molecule has 24 heavy (non-hydrogen) atoms. The largest absolute Gasteiger partial charge is 0.497 e. The van der Waals surface area contributed by atoms with Crippen LogP contribution in [0.1, 0.15) is 6.42 Å². The lowest BCUT2D eigenvalue weighted by molar-refractivity contribution is -0.116. The number of rotatable bonds is 6. The summed E-state index contributed by atoms with van der Waals surface area (Å²) in [5.74, 6) is 1.49. The summed E-state index contributed by atoms with van der Waals surface area (Å²) in [4.78, 5) is 12.1. The summed E-state index contributed by atoms with van der Waals surface area (Å²) in [6.07, 6.45) is 2.12. The van der Waals surface area contributed by atoms with Crippen LogP contribution in [0.4, 0.5) is 5.69 Å². The molecule has 1 heterocycles. The monoisotopic (exact) mass is 325 g/mol. The van der Waals surface area contributed by atoms with Crippen molar-refractivity contribution in [3.63, 3.8) is 0 Å². The van der Waals surface area contributed by atoms with E-state index in [2.05, 4.69) is 10.4 Å². The molecule has 0 aliphatic carbocycles. The smallest absolute Gasteiger partial charge is 0.226 e. The van der Waals surface area contributed by atoms with Crippen LogP contribution in [-0.4, -0.2) is 29.9 Å². The average molecular weight is 325 g/mol. The molecule has 0 spiro atoms. The molecule has 0 bridgehead atoms. The maximum absolute atomic E-state index is 12.1. The number of anilines is 1. The average Bonchev–Trinajstić information content (AvgIpc) is 3.02. The van der Waals surface area contributed by atoms with Crippen LogP contribution >= 0.6 is 0 Å². The van der Waals surface area contributed by atoms with Crippen LogP contribution in [-0.2, 0) is 11.3 Å². The molecule has 1 amide bonds. The van der Waals surface area contributed by atoms with Gasteiger partial charge in [-0.3, -0.25) is 9.48 Å². The van der Waals surface area contributed by atoms with Gasteiger partial charge in [-0.05, 0) is 42.5 Å². The standard InChI is InChI=1S/C18H19N3O3/c1-23-15-5-3-14(4-6-15)20-18(22)9-10-21-17-8-7-16(24-2)11-13(17)12-19-21/h3-8,11-12H,9-10H2,1-2H3,(H,20,22). The van der Waals surface area contributed by atoms with Gasteiger partial charge in [-0.1, -0.05) is 0 Å². The van der Waals surface area contributed by atoms with Crippen LogP contribution < -0.4 is 14.8 Å². The van der Waals surface area contributed by atoms with E-state index >= 15 is 0 Å². The van der Waals surface area contributed by atoms with Crippen molar-refractivity contribution in [1.29, 1.82) is 0 Å². The molecular weight excluding hydrogens is 306 g/mol. The lowest BCUT2D eigenvalue weighted by atomic mass is 10.2. The molecule has 3 aromatic rings. The normalized spacial score (nSPS) is 10.6. The molecular formula is C18H19N3O3. The Labute approximate surface area is 140 Å². The number of fused-ring (bicyclic) bond motifs is 1. The maximum atomic E-state index is 12.1. The number of methoxy groups -OCH3 is 2. The second-order valence-corrected chi connectivity index (χ2v) is 5.32. The Morgan fingerprint density at radius 2 is 1.79 bits per heavy atom. The molecule has 0 atom stereocenters. The minimum atomic E-state index is -0.0580. The van der Waals surface area contributed by atoms with Crippen molar-refractivity contribution >= 4 is 22.5 Å². The predicted octanol–water partition coefficient (Wildman–Crippen LogP) is 3.08. The lowest BCUT2D eigenvalue weighted by Crippen LogP contribution is -2.14. The number of nitrogens with zero attached hydrogens (tertiary/aromatic N) is 2. The Morgan fingerprint density at radius 1 is 1.08 bits per heavy atom. The Morgan fingerprint density at radius 3 is 2.50 bits per heavy atom. The first kappa shape index (κ1) is 15.9. The molecule has 6 nitrogen and oxygen atoms in total. The first-order valence-electron chi connectivity index (χ1n) is 7.63. The first-order chi connectivity index (χ1) is 11.7. The maximum Gasteiger partial charge on any atom is 0.226 e. The van der Waals surface area contributed by atoms with Crippen LogP contribution in [0.2, 0.25) is 0 Å². The van der Waals surface area contributed by atoms with Crippen molar-refractivity contribution < 1.29 is 14.3 Å². The number of aryl methyl sites for hydroxylation is 1. The second kappa shape index (κ2) is 7.04. The molecule has 3 rings (SSSR count). The Balaban J connectivity index is 1.61. The van der Waals surface area contributed by atoms with Crippen molar-refractivity contribution in [2.75, 3.05) is 19.5 Å². The molecule has 0 saturated carbocycles. The molecule has 1 aromatic heterocycles. The van der Waals surface area contributed by atoms with Crippen molar-refractivity contribution in [3.05, 3.63) is 48.7 Å². The summed E-state index contributed by atoms with van der Waals surface area (Å²) >= 11 is 0. The van der Waals surface area contributed by atoms with Crippen molar-refractivity contribution in [2.45, 2.75) is 13.0 Å². The van der Waals surface area contributed by atoms with E-state index in [0.717, 1.165) is 28.1 Å². The Bertz CT molecular complexity index is 840. The summed E-state index contributed by atoms with van der Waals surface area (Å²) in [6, 6.07) is 13.0. The van der Waals surface area contributed by atoms with E-state index in [1.807, 2.05) is 47.1 Å². The highest BCUT2D eigenvalue weighted by atomic mass is 16.5. The third-order valence-electron chi connectivity index (χ3n) is 3.77. The third-order valence-corrected chi connectivity index (χ3v) is 3.77. The van der Waals surface area contributed by atoms with E-state index in [4.69, 9.17) is 9.47 Å². The molecule has 124 valence electrons. The predicted molar refractivity (Wildman–Crippen MR) is 92.5 cm³/mol. The highest BCUT2D eigenvalue weighted by Crippen LogP contribution is 2.20. The fourth-order valence-corrected chi connectivity index (χ4v) is 2.48. The molecule has 1 N–H and O–H groups in total. The van der Waals surface area contributed by atoms with E-state index in [1.54, 1.807) is 20.4 Å². The number of nitrogens with one attached hydrogen (secondary N) is 1. The van der Waals surface area contributed by atoms with Crippen molar-refractivity contribution in [1.82, 2.24) is 9.78 Å². The summed E-state index contributed by atoms with van der Waals surface area (Å²) in [6.45, 7) is 0.512. The van der Waals surface area contributed by atoms with E-state index in [-0.39, 0.29) is 5.91 Å². The van der Waals surface area contributed by atoms with Gasteiger partial charge in [0.25, 0.3) is 0 Å². The Hall–Kier alpha value is -3.02. The number of carbonyl (C=O) groups excluding carboxylic acids is 1. The topological polar surface area (TPSA) is 65.4 Å². The van der Waals surface area contributed by atoms with Gasteiger partial charge in [0.2, 0.25) is 5.91 Å². The number of hydrogen-bond acceptors (Lipinski definition) is 4. The van der Waals surface area contributed by atoms with Gasteiger partial charge in [0.1, 0.15) is 11.5 Å². The van der Waals surface area contributed by atoms with Gasteiger partial charge in [0, 0.05) is 17.5 Å². The Kier molecular flexibility index (Phi) is 4.65. The van der Waals surface area contributed by atoms with Crippen LogP contribution in [0.25, 0.3) is 10.9 Å². The van der Waals surface area contributed by atoms with E-state index in [0.29, 0.717) is 13.0 Å². The van der Waals surface area contributed by atoms with Crippen molar-refractivity contribution in [3.8, 4) is 11.5 Å². The number of ether oxygens (including phenoxy) is 2. The molecule has 0 aliphatic heterocycles. The number of carbonyl (C=O) groups is 1. The van der Waals surface area contributed by atoms with Gasteiger partial charge in [0.15, 0.2) is 0 Å². The van der Waals surface area contributed by atoms with Gasteiger partial charge in [-0.15, -0.1) is 0 Å². The van der Waals surface area contributed by atoms with Crippen LogP contribution in [0.3, 0.4) is 0 Å². The lowest BCUT2D eigenvalue weighted by Gasteiger charge is -2.07.